The monoisotopic (exact) mass is 775 g/mol. The molecule has 3 aromatic carbocycles. The van der Waals surface area contributed by atoms with E-state index in [4.69, 9.17) is 9.47 Å². The second kappa shape index (κ2) is 13.3. The Morgan fingerprint density at radius 1 is 1.04 bits per heavy atom. The Morgan fingerprint density at radius 2 is 1.75 bits per heavy atom. The van der Waals surface area contributed by atoms with E-state index in [0.717, 1.165) is 21.2 Å². The molecule has 6 atom stereocenters. The minimum absolute atomic E-state index is 0.0337. The fraction of sp³-hybridized carbons (Fsp3) is 0.421. The number of aliphatic hydroxyl groups excluding tert-OH is 1. The van der Waals surface area contributed by atoms with E-state index in [0.29, 0.717) is 29.9 Å². The number of carbonyl (C=O) groups excluding carboxylic acids is 4. The number of amides is 3. The van der Waals surface area contributed by atoms with Crippen LogP contribution in [0.15, 0.2) is 71.2 Å². The van der Waals surface area contributed by atoms with E-state index in [1.165, 1.54) is 11.8 Å². The minimum atomic E-state index is -3.03. The number of anilines is 2. The maximum absolute atomic E-state index is 14.9. The van der Waals surface area contributed by atoms with Gasteiger partial charge in [-0.2, -0.15) is 0 Å². The van der Waals surface area contributed by atoms with Crippen molar-refractivity contribution in [3.63, 3.8) is 0 Å². The van der Waals surface area contributed by atoms with Gasteiger partial charge in [0, 0.05) is 40.7 Å². The van der Waals surface area contributed by atoms with Crippen LogP contribution >= 0.6 is 15.9 Å². The van der Waals surface area contributed by atoms with E-state index in [9.17, 15) is 29.1 Å². The van der Waals surface area contributed by atoms with Crippen molar-refractivity contribution in [2.75, 3.05) is 16.4 Å². The lowest BCUT2D eigenvalue weighted by Gasteiger charge is -2.39. The second-order valence-corrected chi connectivity index (χ2v) is 19.5. The number of aliphatic hydroxyl groups is 1. The summed E-state index contributed by atoms with van der Waals surface area (Å²) in [5.41, 5.74) is 3.03. The number of rotatable bonds is 8. The normalized spacial score (nSPS) is 27.0. The van der Waals surface area contributed by atoms with Gasteiger partial charge in [-0.15, -0.1) is 0 Å². The fourth-order valence-corrected chi connectivity index (χ4v) is 11.6. The molecule has 268 valence electrons. The molecule has 4 aliphatic rings. The lowest BCUT2D eigenvalue weighted by molar-refractivity contribution is -0.154. The van der Waals surface area contributed by atoms with Crippen molar-refractivity contribution in [2.24, 2.45) is 5.92 Å². The summed E-state index contributed by atoms with van der Waals surface area (Å²) in [4.78, 5) is 69.4. The van der Waals surface area contributed by atoms with Crippen LogP contribution in [0.4, 0.5) is 11.4 Å². The van der Waals surface area contributed by atoms with Crippen molar-refractivity contribution in [3.8, 4) is 0 Å². The molecule has 51 heavy (non-hydrogen) atoms. The highest BCUT2D eigenvalue weighted by Gasteiger charge is 2.66. The molecule has 3 aromatic rings. The van der Waals surface area contributed by atoms with Crippen LogP contribution < -0.4 is 9.80 Å². The largest absolute Gasteiger partial charge is 0.441 e. The quantitative estimate of drug-likeness (QED) is 0.190. The van der Waals surface area contributed by atoms with Gasteiger partial charge >= 0.3 is 5.97 Å². The molecule has 0 radical (unpaired) electrons. The van der Waals surface area contributed by atoms with Gasteiger partial charge in [0.2, 0.25) is 11.8 Å². The zero-order valence-corrected chi connectivity index (χ0v) is 31.6. The standard InChI is InChI=1S/C38H42BrN3O8Si/c1-22-36(51(3,4)48)32(17-33(45)40-20-26-8-6-5-7-25(26)15-29(40)21-43)50-38(22)30-16-27(39)11-14-31(30)41(37(38)47)19-24-9-12-28(13-10-24)42-34(46)18-35(42)49-23(2)44/h5-14,16,22,29,32,35-36,43,48H,15,17-21H2,1-4H3/t22-,29-,32+,35?,36-,38+/m0/s1. The van der Waals surface area contributed by atoms with Crippen LogP contribution in [0.5, 0.6) is 0 Å². The Kier molecular flexibility index (Phi) is 9.24. The third-order valence-corrected chi connectivity index (χ3v) is 14.0. The number of carbonyl (C=O) groups is 4. The van der Waals surface area contributed by atoms with Crippen molar-refractivity contribution in [3.05, 3.63) is 93.5 Å². The molecule has 4 aliphatic heterocycles. The van der Waals surface area contributed by atoms with Gasteiger partial charge in [0.05, 0.1) is 43.8 Å². The molecule has 0 saturated carbocycles. The molecule has 13 heteroatoms. The van der Waals surface area contributed by atoms with E-state index < -0.39 is 43.7 Å². The van der Waals surface area contributed by atoms with Crippen molar-refractivity contribution in [1.29, 1.82) is 0 Å². The molecule has 0 bridgehead atoms. The van der Waals surface area contributed by atoms with E-state index in [-0.39, 0.29) is 49.8 Å². The SMILES string of the molecule is CC(=O)OC1CC(=O)N1c1ccc(CN2C(=O)[C@]3(O[C@H](CC(=O)N4Cc5ccccc5C[C@H]4CO)[C@@H]([Si](C)(C)O)[C@@H]3C)c3cc(Br)ccc32)cc1. The van der Waals surface area contributed by atoms with Crippen molar-refractivity contribution < 1.29 is 38.6 Å². The Labute approximate surface area is 306 Å². The summed E-state index contributed by atoms with van der Waals surface area (Å²) in [6.07, 6.45) is -0.728. The number of nitrogens with zero attached hydrogens (tertiary/aromatic N) is 3. The zero-order chi connectivity index (χ0) is 36.4. The molecule has 0 aromatic heterocycles. The summed E-state index contributed by atoms with van der Waals surface area (Å²) in [5, 5.41) is 10.3. The van der Waals surface area contributed by atoms with Gasteiger partial charge in [-0.25, -0.2) is 0 Å². The van der Waals surface area contributed by atoms with Crippen LogP contribution in [0.25, 0.3) is 0 Å². The number of benzene rings is 3. The predicted octanol–water partition coefficient (Wildman–Crippen LogP) is 4.76. The van der Waals surface area contributed by atoms with Gasteiger partial charge in [-0.1, -0.05) is 59.3 Å². The highest BCUT2D eigenvalue weighted by atomic mass is 79.9. The highest BCUT2D eigenvalue weighted by Crippen LogP contribution is 2.60. The summed E-state index contributed by atoms with van der Waals surface area (Å²) in [6, 6.07) is 20.4. The van der Waals surface area contributed by atoms with Crippen molar-refractivity contribution >= 4 is 59.3 Å². The molecule has 2 saturated heterocycles. The second-order valence-electron chi connectivity index (χ2n) is 14.6. The number of hydrogen-bond donors (Lipinski definition) is 2. The topological polar surface area (TPSA) is 137 Å². The Hall–Kier alpha value is -3.88. The lowest BCUT2D eigenvalue weighted by atomic mass is 9.82. The number of esters is 1. The molecule has 4 heterocycles. The number of ether oxygens (including phenoxy) is 2. The first-order chi connectivity index (χ1) is 24.2. The molecule has 1 spiro atoms. The first-order valence-electron chi connectivity index (χ1n) is 17.3. The number of hydrogen-bond acceptors (Lipinski definition) is 8. The maximum Gasteiger partial charge on any atom is 0.304 e. The van der Waals surface area contributed by atoms with Gasteiger partial charge < -0.3 is 29.2 Å². The molecule has 0 aliphatic carbocycles. The van der Waals surface area contributed by atoms with Crippen LogP contribution in [0.1, 0.15) is 48.9 Å². The summed E-state index contributed by atoms with van der Waals surface area (Å²) in [6.45, 7) is 7.32. The van der Waals surface area contributed by atoms with Crippen LogP contribution in [-0.4, -0.2) is 71.8 Å². The van der Waals surface area contributed by atoms with E-state index in [2.05, 4.69) is 15.9 Å². The zero-order valence-electron chi connectivity index (χ0n) is 29.0. The van der Waals surface area contributed by atoms with Gasteiger partial charge in [0.1, 0.15) is 0 Å². The summed E-state index contributed by atoms with van der Waals surface area (Å²) < 4.78 is 12.9. The number of halogens is 1. The van der Waals surface area contributed by atoms with E-state index in [1.54, 1.807) is 21.9 Å². The van der Waals surface area contributed by atoms with E-state index >= 15 is 0 Å². The fourth-order valence-electron chi connectivity index (χ4n) is 8.67. The predicted molar refractivity (Wildman–Crippen MR) is 195 cm³/mol. The first-order valence-corrected chi connectivity index (χ1v) is 21.1. The third kappa shape index (κ3) is 6.12. The molecule has 3 amide bonds. The Bertz CT molecular complexity index is 1900. The van der Waals surface area contributed by atoms with Crippen molar-refractivity contribution in [2.45, 2.75) is 88.8 Å². The van der Waals surface area contributed by atoms with Crippen LogP contribution in [0.3, 0.4) is 0 Å². The Balaban J connectivity index is 1.17. The Morgan fingerprint density at radius 3 is 2.39 bits per heavy atom. The molecule has 11 nitrogen and oxygen atoms in total. The average Bonchev–Trinajstić information content (AvgIpc) is 3.50. The molecular weight excluding hydrogens is 734 g/mol. The van der Waals surface area contributed by atoms with Crippen LogP contribution in [-0.2, 0) is 53.8 Å². The molecule has 7 rings (SSSR count). The first kappa shape index (κ1) is 35.5. The summed E-state index contributed by atoms with van der Waals surface area (Å²) in [7, 11) is -3.03. The molecule has 2 N–H and O–H groups in total. The van der Waals surface area contributed by atoms with Crippen molar-refractivity contribution in [1.82, 2.24) is 4.90 Å². The van der Waals surface area contributed by atoms with Crippen LogP contribution in [0.2, 0.25) is 18.6 Å². The lowest BCUT2D eigenvalue weighted by Crippen LogP contribution is -2.54. The molecule has 2 fully saturated rings. The van der Waals surface area contributed by atoms with Gasteiger partial charge in [0.15, 0.2) is 20.1 Å². The smallest absolute Gasteiger partial charge is 0.304 e. The van der Waals surface area contributed by atoms with Crippen LogP contribution in [0, 0.1) is 5.92 Å². The third-order valence-electron chi connectivity index (χ3n) is 11.0. The summed E-state index contributed by atoms with van der Waals surface area (Å²) >= 11 is 3.60. The molecule has 1 unspecified atom stereocenters. The molecular formula is C38H42BrN3O8Si. The highest BCUT2D eigenvalue weighted by molar-refractivity contribution is 9.10. The number of fused-ring (bicyclic) bond motifs is 3. The maximum atomic E-state index is 14.9. The van der Waals surface area contributed by atoms with Gasteiger partial charge in [-0.3, -0.25) is 24.1 Å². The van der Waals surface area contributed by atoms with E-state index in [1.807, 2.05) is 74.6 Å². The van der Waals surface area contributed by atoms with Gasteiger partial charge in [0.25, 0.3) is 5.91 Å². The van der Waals surface area contributed by atoms with Gasteiger partial charge in [-0.05, 0) is 66.5 Å². The summed E-state index contributed by atoms with van der Waals surface area (Å²) in [5.74, 6) is -1.52. The average molecular weight is 777 g/mol. The number of β-lactam (4-membered cyclic amide) rings is 1. The minimum Gasteiger partial charge on any atom is -0.441 e.